The van der Waals surface area contributed by atoms with Gasteiger partial charge in [0.05, 0.1) is 0 Å². The van der Waals surface area contributed by atoms with Crippen molar-refractivity contribution in [1.29, 1.82) is 0 Å². The number of carbonyl (C=O) groups excluding carboxylic acids is 1. The van der Waals surface area contributed by atoms with Crippen LogP contribution < -0.4 is 5.32 Å². The minimum Gasteiger partial charge on any atom is -0.340 e. The Labute approximate surface area is 153 Å². The number of hydrogen-bond donors (Lipinski definition) is 1. The molecule has 1 aromatic carbocycles. The van der Waals surface area contributed by atoms with Crippen molar-refractivity contribution in [3.05, 3.63) is 35.4 Å². The Morgan fingerprint density at radius 1 is 1.21 bits per heavy atom. The van der Waals surface area contributed by atoms with Crippen molar-refractivity contribution in [1.82, 2.24) is 10.2 Å². The average molecular weight is 353 g/mol. The average Bonchev–Trinajstić information content (AvgIpc) is 2.58. The number of carbonyl (C=O) groups is 1. The molecule has 0 aliphatic carbocycles. The van der Waals surface area contributed by atoms with Gasteiger partial charge in [0.1, 0.15) is 0 Å². The molecule has 0 bridgehead atoms. The maximum absolute atomic E-state index is 12.7. The molecule has 1 heterocycles. The summed E-state index contributed by atoms with van der Waals surface area (Å²) in [5.74, 6) is 0.886. The van der Waals surface area contributed by atoms with Gasteiger partial charge in [-0.3, -0.25) is 4.79 Å². The summed E-state index contributed by atoms with van der Waals surface area (Å²) < 4.78 is 0. The Kier molecular flexibility index (Phi) is 9.38. The summed E-state index contributed by atoms with van der Waals surface area (Å²) in [6.45, 7) is 9.55. The van der Waals surface area contributed by atoms with Crippen molar-refractivity contribution in [2.45, 2.75) is 64.8 Å². The van der Waals surface area contributed by atoms with E-state index in [0.717, 1.165) is 45.3 Å². The number of nitrogens with zero attached hydrogens (tertiary/aromatic N) is 1. The molecule has 1 aromatic rings. The first-order chi connectivity index (χ1) is 11.1. The van der Waals surface area contributed by atoms with Gasteiger partial charge in [0.2, 0.25) is 5.91 Å². The van der Waals surface area contributed by atoms with Gasteiger partial charge in [-0.05, 0) is 55.8 Å². The molecule has 0 atom stereocenters. The van der Waals surface area contributed by atoms with E-state index in [-0.39, 0.29) is 12.4 Å². The lowest BCUT2D eigenvalue weighted by Crippen LogP contribution is -2.46. The van der Waals surface area contributed by atoms with E-state index in [1.54, 1.807) is 0 Å². The highest BCUT2D eigenvalue weighted by Crippen LogP contribution is 2.17. The lowest BCUT2D eigenvalue weighted by atomic mass is 9.99. The highest BCUT2D eigenvalue weighted by atomic mass is 35.5. The first-order valence-electron chi connectivity index (χ1n) is 9.20. The zero-order valence-electron chi connectivity index (χ0n) is 15.4. The molecule has 0 radical (unpaired) electrons. The summed E-state index contributed by atoms with van der Waals surface area (Å²) in [5, 5.41) is 3.38. The van der Waals surface area contributed by atoms with E-state index in [0.29, 0.717) is 24.3 Å². The zero-order chi connectivity index (χ0) is 16.7. The molecule has 2 rings (SSSR count). The molecule has 136 valence electrons. The molecule has 1 saturated heterocycles. The van der Waals surface area contributed by atoms with Crippen LogP contribution in [0.5, 0.6) is 0 Å². The Balaban J connectivity index is 0.00000288. The predicted molar refractivity (Wildman–Crippen MR) is 104 cm³/mol. The first kappa shape index (κ1) is 21.0. The second-order valence-corrected chi connectivity index (χ2v) is 6.96. The number of nitrogens with one attached hydrogen (secondary N) is 1. The van der Waals surface area contributed by atoms with Gasteiger partial charge in [0.25, 0.3) is 0 Å². The monoisotopic (exact) mass is 352 g/mol. The van der Waals surface area contributed by atoms with Gasteiger partial charge in [-0.15, -0.1) is 12.4 Å². The minimum absolute atomic E-state index is 0. The molecular weight excluding hydrogens is 320 g/mol. The van der Waals surface area contributed by atoms with Crippen LogP contribution >= 0.6 is 12.4 Å². The normalized spacial score (nSPS) is 15.2. The Morgan fingerprint density at radius 2 is 1.83 bits per heavy atom. The largest absolute Gasteiger partial charge is 0.340 e. The topological polar surface area (TPSA) is 32.3 Å². The Bertz CT molecular complexity index is 481. The van der Waals surface area contributed by atoms with E-state index in [1.807, 2.05) is 0 Å². The number of amides is 1. The van der Waals surface area contributed by atoms with Gasteiger partial charge >= 0.3 is 0 Å². The molecule has 1 amide bonds. The van der Waals surface area contributed by atoms with Crippen LogP contribution in [0.2, 0.25) is 0 Å². The molecule has 1 fully saturated rings. The summed E-state index contributed by atoms with van der Waals surface area (Å²) in [6.07, 6.45) is 4.70. The Morgan fingerprint density at radius 3 is 2.38 bits per heavy atom. The number of piperidine rings is 1. The lowest BCUT2D eigenvalue weighted by Gasteiger charge is -2.34. The third-order valence-corrected chi connectivity index (χ3v) is 4.81. The maximum atomic E-state index is 12.7. The molecule has 0 unspecified atom stereocenters. The van der Waals surface area contributed by atoms with Crippen LogP contribution in [0, 0.1) is 0 Å². The molecule has 3 nitrogen and oxygen atoms in total. The van der Waals surface area contributed by atoms with E-state index in [9.17, 15) is 4.79 Å². The number of benzene rings is 1. The fraction of sp³-hybridized carbons (Fsp3) is 0.650. The predicted octanol–water partition coefficient (Wildman–Crippen LogP) is 4.16. The number of aryl methyl sites for hydroxylation is 1. The van der Waals surface area contributed by atoms with E-state index in [2.05, 4.69) is 55.3 Å². The summed E-state index contributed by atoms with van der Waals surface area (Å²) in [6, 6.07) is 9.18. The maximum Gasteiger partial charge on any atom is 0.223 e. The molecule has 1 aliphatic rings. The smallest absolute Gasteiger partial charge is 0.223 e. The van der Waals surface area contributed by atoms with E-state index >= 15 is 0 Å². The molecule has 0 saturated carbocycles. The molecule has 0 aromatic heterocycles. The van der Waals surface area contributed by atoms with Gasteiger partial charge < -0.3 is 10.2 Å². The third kappa shape index (κ3) is 6.10. The molecule has 24 heavy (non-hydrogen) atoms. The van der Waals surface area contributed by atoms with E-state index in [4.69, 9.17) is 0 Å². The summed E-state index contributed by atoms with van der Waals surface area (Å²) in [5.41, 5.74) is 2.63. The van der Waals surface area contributed by atoms with Crippen molar-refractivity contribution in [3.8, 4) is 0 Å². The van der Waals surface area contributed by atoms with E-state index < -0.39 is 0 Å². The van der Waals surface area contributed by atoms with Crippen molar-refractivity contribution in [3.63, 3.8) is 0 Å². The SMILES string of the molecule is CCCN(C(=O)CCc1ccc(C(C)C)cc1)C1CCNCC1.Cl. The quantitative estimate of drug-likeness (QED) is 0.799. The molecule has 1 N–H and O–H groups in total. The Hall–Kier alpha value is -1.06. The van der Waals surface area contributed by atoms with E-state index in [1.165, 1.54) is 11.1 Å². The summed E-state index contributed by atoms with van der Waals surface area (Å²) >= 11 is 0. The first-order valence-corrected chi connectivity index (χ1v) is 9.20. The third-order valence-electron chi connectivity index (χ3n) is 4.81. The van der Waals surface area contributed by atoms with Gasteiger partial charge in [0, 0.05) is 19.0 Å². The second-order valence-electron chi connectivity index (χ2n) is 6.96. The number of halogens is 1. The van der Waals surface area contributed by atoms with Gasteiger partial charge in [-0.25, -0.2) is 0 Å². The van der Waals surface area contributed by atoms with Crippen LogP contribution in [0.1, 0.15) is 63.5 Å². The van der Waals surface area contributed by atoms with Crippen LogP contribution in [0.15, 0.2) is 24.3 Å². The molecule has 4 heteroatoms. The van der Waals surface area contributed by atoms with Crippen LogP contribution in [-0.2, 0) is 11.2 Å². The fourth-order valence-corrected chi connectivity index (χ4v) is 3.33. The van der Waals surface area contributed by atoms with Crippen molar-refractivity contribution >= 4 is 18.3 Å². The van der Waals surface area contributed by atoms with Crippen LogP contribution in [0.25, 0.3) is 0 Å². The van der Waals surface area contributed by atoms with Crippen molar-refractivity contribution < 1.29 is 4.79 Å². The van der Waals surface area contributed by atoms with Crippen molar-refractivity contribution in [2.24, 2.45) is 0 Å². The highest BCUT2D eigenvalue weighted by molar-refractivity contribution is 5.85. The van der Waals surface area contributed by atoms with Crippen LogP contribution in [0.3, 0.4) is 0 Å². The van der Waals surface area contributed by atoms with Crippen molar-refractivity contribution in [2.75, 3.05) is 19.6 Å². The number of rotatable bonds is 7. The molecule has 0 spiro atoms. The lowest BCUT2D eigenvalue weighted by molar-refractivity contribution is -0.134. The van der Waals surface area contributed by atoms with Crippen LogP contribution in [0.4, 0.5) is 0 Å². The van der Waals surface area contributed by atoms with Gasteiger partial charge in [-0.2, -0.15) is 0 Å². The standard InChI is InChI=1S/C20H32N2O.ClH/c1-4-15-22(19-11-13-21-14-12-19)20(23)10-7-17-5-8-18(9-6-17)16(2)3;/h5-6,8-9,16,19,21H,4,7,10-15H2,1-3H3;1H. The highest BCUT2D eigenvalue weighted by Gasteiger charge is 2.24. The summed E-state index contributed by atoms with van der Waals surface area (Å²) in [7, 11) is 0. The number of hydrogen-bond acceptors (Lipinski definition) is 2. The van der Waals surface area contributed by atoms with Gasteiger partial charge in [0.15, 0.2) is 0 Å². The fourth-order valence-electron chi connectivity index (χ4n) is 3.33. The van der Waals surface area contributed by atoms with Gasteiger partial charge in [-0.1, -0.05) is 45.0 Å². The zero-order valence-corrected chi connectivity index (χ0v) is 16.2. The van der Waals surface area contributed by atoms with Crippen LogP contribution in [-0.4, -0.2) is 36.5 Å². The summed E-state index contributed by atoms with van der Waals surface area (Å²) in [4.78, 5) is 14.8. The molecule has 1 aliphatic heterocycles. The second kappa shape index (κ2) is 10.7. The molecular formula is C20H33ClN2O. The minimum atomic E-state index is 0.